The average Bonchev–Trinajstić information content (AvgIpc) is 2.37. The fourth-order valence-electron chi connectivity index (χ4n) is 0.834. The molecular formula is C8H18O3S. The summed E-state index contributed by atoms with van der Waals surface area (Å²) >= 11 is 0. The van der Waals surface area contributed by atoms with Gasteiger partial charge in [-0.2, -0.15) is 8.42 Å². The van der Waals surface area contributed by atoms with Crippen molar-refractivity contribution < 1.29 is 12.6 Å². The van der Waals surface area contributed by atoms with Gasteiger partial charge < -0.3 is 0 Å². The molecule has 0 aromatic rings. The van der Waals surface area contributed by atoms with Crippen LogP contribution in [-0.2, 0) is 14.3 Å². The first kappa shape index (κ1) is 11.9. The van der Waals surface area contributed by atoms with E-state index in [-0.39, 0.29) is 5.75 Å². The summed E-state index contributed by atoms with van der Waals surface area (Å²) in [7, 11) is -3.05. The molecule has 3 nitrogen and oxygen atoms in total. The molecule has 12 heavy (non-hydrogen) atoms. The second kappa shape index (κ2) is 6.43. The van der Waals surface area contributed by atoms with E-state index in [2.05, 4.69) is 18.0 Å². The molecule has 4 heteroatoms. The Kier molecular flexibility index (Phi) is 6.38. The maximum atomic E-state index is 10.2. The maximum absolute atomic E-state index is 10.2. The van der Waals surface area contributed by atoms with Gasteiger partial charge in [-0.25, -0.2) is 0 Å². The lowest BCUT2D eigenvalue weighted by Gasteiger charge is -1.83. The van der Waals surface area contributed by atoms with E-state index in [1.165, 1.54) is 19.3 Å². The standard InChI is InChI=1S/C5H12.C3H6O3S/c1-3-5-4-2;4-7(5)3-1-2-6-7/h3-5H2,1-2H3;1-3H2. The summed E-state index contributed by atoms with van der Waals surface area (Å²) < 4.78 is 24.7. The SMILES string of the molecule is CCCCC.O=S1(=O)CCCO1. The van der Waals surface area contributed by atoms with E-state index in [0.717, 1.165) is 0 Å². The van der Waals surface area contributed by atoms with Crippen LogP contribution in [0.4, 0.5) is 0 Å². The normalized spacial score (nSPS) is 19.8. The minimum Gasteiger partial charge on any atom is -0.270 e. The Labute approximate surface area is 75.2 Å². The van der Waals surface area contributed by atoms with Gasteiger partial charge in [0.2, 0.25) is 0 Å². The fraction of sp³-hybridized carbons (Fsp3) is 1.00. The topological polar surface area (TPSA) is 43.4 Å². The van der Waals surface area contributed by atoms with Crippen molar-refractivity contribution in [2.45, 2.75) is 39.5 Å². The highest BCUT2D eigenvalue weighted by Gasteiger charge is 2.16. The lowest BCUT2D eigenvalue weighted by atomic mass is 10.3. The van der Waals surface area contributed by atoms with Crippen molar-refractivity contribution in [3.8, 4) is 0 Å². The number of unbranched alkanes of at least 4 members (excludes halogenated alkanes) is 2. The smallest absolute Gasteiger partial charge is 0.267 e. The van der Waals surface area contributed by atoms with Crippen LogP contribution in [0.1, 0.15) is 39.5 Å². The van der Waals surface area contributed by atoms with Gasteiger partial charge in [0, 0.05) is 0 Å². The fourth-order valence-corrected chi connectivity index (χ4v) is 1.80. The minimum atomic E-state index is -3.05. The zero-order chi connectivity index (χ0) is 9.45. The molecule has 0 saturated carbocycles. The molecule has 0 atom stereocenters. The van der Waals surface area contributed by atoms with E-state index in [4.69, 9.17) is 0 Å². The zero-order valence-corrected chi connectivity index (χ0v) is 8.69. The van der Waals surface area contributed by atoms with Crippen molar-refractivity contribution in [1.82, 2.24) is 0 Å². The van der Waals surface area contributed by atoms with Crippen molar-refractivity contribution >= 4 is 10.1 Å². The van der Waals surface area contributed by atoms with Gasteiger partial charge in [-0.15, -0.1) is 0 Å². The molecule has 0 aromatic heterocycles. The molecule has 0 N–H and O–H groups in total. The van der Waals surface area contributed by atoms with Gasteiger partial charge in [-0.3, -0.25) is 4.18 Å². The molecule has 0 unspecified atom stereocenters. The van der Waals surface area contributed by atoms with Crippen molar-refractivity contribution in [3.63, 3.8) is 0 Å². The molecule has 1 aliphatic heterocycles. The summed E-state index contributed by atoms with van der Waals surface area (Å²) in [6, 6.07) is 0. The molecule has 1 fully saturated rings. The van der Waals surface area contributed by atoms with Crippen LogP contribution < -0.4 is 0 Å². The number of hydrogen-bond acceptors (Lipinski definition) is 3. The number of hydrogen-bond donors (Lipinski definition) is 0. The van der Waals surface area contributed by atoms with Gasteiger partial charge in [0.15, 0.2) is 0 Å². The summed E-state index contributed by atoms with van der Waals surface area (Å²) in [6.07, 6.45) is 4.73. The van der Waals surface area contributed by atoms with E-state index in [1.807, 2.05) is 0 Å². The van der Waals surface area contributed by atoms with E-state index < -0.39 is 10.1 Å². The highest BCUT2D eigenvalue weighted by molar-refractivity contribution is 7.86. The second-order valence-electron chi connectivity index (χ2n) is 2.79. The Balaban J connectivity index is 0.000000217. The molecule has 1 heterocycles. The maximum Gasteiger partial charge on any atom is 0.267 e. The van der Waals surface area contributed by atoms with Crippen molar-refractivity contribution in [2.75, 3.05) is 12.4 Å². The van der Waals surface area contributed by atoms with Crippen LogP contribution in [-0.4, -0.2) is 20.8 Å². The van der Waals surface area contributed by atoms with Crippen LogP contribution in [0.5, 0.6) is 0 Å². The second-order valence-corrected chi connectivity index (χ2v) is 4.55. The third-order valence-corrected chi connectivity index (χ3v) is 2.82. The van der Waals surface area contributed by atoms with Crippen LogP contribution in [0.25, 0.3) is 0 Å². The summed E-state index contributed by atoms with van der Waals surface area (Å²) in [5.74, 6) is 0.201. The van der Waals surface area contributed by atoms with Gasteiger partial charge in [0.05, 0.1) is 12.4 Å². The van der Waals surface area contributed by atoms with E-state index in [1.54, 1.807) is 0 Å². The largest absolute Gasteiger partial charge is 0.270 e. The lowest BCUT2D eigenvalue weighted by molar-refractivity contribution is 0.354. The van der Waals surface area contributed by atoms with Crippen molar-refractivity contribution in [3.05, 3.63) is 0 Å². The monoisotopic (exact) mass is 194 g/mol. The Morgan fingerprint density at radius 1 is 1.25 bits per heavy atom. The van der Waals surface area contributed by atoms with Crippen LogP contribution >= 0.6 is 0 Å². The Hall–Kier alpha value is -0.0900. The number of rotatable bonds is 2. The van der Waals surface area contributed by atoms with E-state index in [0.29, 0.717) is 13.0 Å². The molecule has 74 valence electrons. The van der Waals surface area contributed by atoms with Gasteiger partial charge in [-0.1, -0.05) is 33.1 Å². The van der Waals surface area contributed by atoms with Crippen molar-refractivity contribution in [2.24, 2.45) is 0 Å². The first-order chi connectivity index (χ1) is 5.62. The molecule has 0 aliphatic carbocycles. The van der Waals surface area contributed by atoms with Crippen LogP contribution in [0, 0.1) is 0 Å². The molecule has 0 aromatic carbocycles. The average molecular weight is 194 g/mol. The van der Waals surface area contributed by atoms with Gasteiger partial charge in [0.1, 0.15) is 0 Å². The van der Waals surface area contributed by atoms with Crippen LogP contribution in [0.2, 0.25) is 0 Å². The van der Waals surface area contributed by atoms with Crippen LogP contribution in [0.3, 0.4) is 0 Å². The predicted octanol–water partition coefficient (Wildman–Crippen LogP) is 1.93. The third-order valence-electron chi connectivity index (χ3n) is 1.51. The molecule has 1 aliphatic rings. The molecular weight excluding hydrogens is 176 g/mol. The third kappa shape index (κ3) is 6.61. The zero-order valence-electron chi connectivity index (χ0n) is 7.88. The van der Waals surface area contributed by atoms with Gasteiger partial charge >= 0.3 is 0 Å². The molecule has 0 amide bonds. The molecule has 1 saturated heterocycles. The van der Waals surface area contributed by atoms with Crippen molar-refractivity contribution in [1.29, 1.82) is 0 Å². The Morgan fingerprint density at radius 3 is 1.92 bits per heavy atom. The van der Waals surface area contributed by atoms with Gasteiger partial charge in [-0.05, 0) is 6.42 Å². The first-order valence-corrected chi connectivity index (χ1v) is 6.07. The highest BCUT2D eigenvalue weighted by atomic mass is 32.2. The summed E-state index contributed by atoms with van der Waals surface area (Å²) in [5, 5.41) is 0. The highest BCUT2D eigenvalue weighted by Crippen LogP contribution is 2.04. The summed E-state index contributed by atoms with van der Waals surface area (Å²) in [5.41, 5.74) is 0. The Morgan fingerprint density at radius 2 is 1.83 bits per heavy atom. The van der Waals surface area contributed by atoms with Crippen LogP contribution in [0.15, 0.2) is 0 Å². The van der Waals surface area contributed by atoms with E-state index >= 15 is 0 Å². The minimum absolute atomic E-state index is 0.201. The predicted molar refractivity (Wildman–Crippen MR) is 49.6 cm³/mol. The Bertz CT molecular complexity index is 170. The van der Waals surface area contributed by atoms with Gasteiger partial charge in [0.25, 0.3) is 10.1 Å². The lowest BCUT2D eigenvalue weighted by Crippen LogP contribution is -1.96. The molecule has 1 rings (SSSR count). The molecule has 0 bridgehead atoms. The molecule has 0 spiro atoms. The summed E-state index contributed by atoms with van der Waals surface area (Å²) in [4.78, 5) is 0. The first-order valence-electron chi connectivity index (χ1n) is 4.49. The quantitative estimate of drug-likeness (QED) is 0.631. The summed E-state index contributed by atoms with van der Waals surface area (Å²) in [6.45, 7) is 4.80. The van der Waals surface area contributed by atoms with E-state index in [9.17, 15) is 8.42 Å². The molecule has 0 radical (unpaired) electrons.